The molecule has 0 aliphatic rings. The van der Waals surface area contributed by atoms with Crippen LogP contribution >= 0.6 is 0 Å². The molecule has 1 N–H and O–H groups in total. The van der Waals surface area contributed by atoms with E-state index in [1.165, 1.54) is 6.26 Å². The molecule has 98 valence electrons. The number of nitrogens with one attached hydrogen (secondary N) is 1. The van der Waals surface area contributed by atoms with Gasteiger partial charge >= 0.3 is 0 Å². The van der Waals surface area contributed by atoms with Gasteiger partial charge in [0.15, 0.2) is 11.5 Å². The maximum Gasteiger partial charge on any atom is 0.220 e. The molecular weight excluding hydrogens is 242 g/mol. The second kappa shape index (κ2) is 6.54. The van der Waals surface area contributed by atoms with E-state index in [1.54, 1.807) is 12.1 Å². The molecule has 0 unspecified atom stereocenters. The molecule has 1 aromatic heterocycles. The molecule has 0 bridgehead atoms. The Morgan fingerprint density at radius 1 is 1.00 bits per heavy atom. The Labute approximate surface area is 111 Å². The number of carbonyl (C=O) groups is 2. The van der Waals surface area contributed by atoms with Crippen LogP contribution in [0.1, 0.15) is 29.0 Å². The Balaban J connectivity index is 1.72. The minimum Gasteiger partial charge on any atom is -0.461 e. The zero-order chi connectivity index (χ0) is 13.5. The SMILES string of the molecule is O=C(CCC(=O)c1ccco1)NCc1ccccc1. The second-order valence-electron chi connectivity index (χ2n) is 4.16. The van der Waals surface area contributed by atoms with Gasteiger partial charge in [-0.25, -0.2) is 0 Å². The molecule has 1 amide bonds. The number of Topliss-reactive ketones (excluding diaryl/α,β-unsaturated/α-hetero) is 1. The summed E-state index contributed by atoms with van der Waals surface area (Å²) < 4.78 is 4.98. The lowest BCUT2D eigenvalue weighted by molar-refractivity contribution is -0.121. The van der Waals surface area contributed by atoms with E-state index in [0.29, 0.717) is 12.3 Å². The molecule has 4 heteroatoms. The van der Waals surface area contributed by atoms with Gasteiger partial charge in [0.25, 0.3) is 0 Å². The van der Waals surface area contributed by atoms with E-state index < -0.39 is 0 Å². The van der Waals surface area contributed by atoms with Crippen LogP contribution in [0.3, 0.4) is 0 Å². The van der Waals surface area contributed by atoms with Crippen LogP contribution < -0.4 is 5.32 Å². The number of carbonyl (C=O) groups excluding carboxylic acids is 2. The summed E-state index contributed by atoms with van der Waals surface area (Å²) in [4.78, 5) is 23.2. The molecule has 2 aromatic rings. The number of ketones is 1. The maximum absolute atomic E-state index is 11.6. The van der Waals surface area contributed by atoms with Crippen molar-refractivity contribution in [2.24, 2.45) is 0 Å². The minimum absolute atomic E-state index is 0.135. The van der Waals surface area contributed by atoms with Gasteiger partial charge in [0, 0.05) is 19.4 Å². The Kier molecular flexibility index (Phi) is 4.50. The number of rotatable bonds is 6. The van der Waals surface area contributed by atoms with Crippen molar-refractivity contribution in [3.05, 3.63) is 60.1 Å². The predicted molar refractivity (Wildman–Crippen MR) is 70.6 cm³/mol. The monoisotopic (exact) mass is 257 g/mol. The molecule has 0 spiro atoms. The molecule has 1 aromatic carbocycles. The maximum atomic E-state index is 11.6. The van der Waals surface area contributed by atoms with Crippen LogP contribution in [0.4, 0.5) is 0 Å². The van der Waals surface area contributed by atoms with Gasteiger partial charge in [-0.2, -0.15) is 0 Å². The summed E-state index contributed by atoms with van der Waals surface area (Å²) in [5, 5.41) is 2.78. The summed E-state index contributed by atoms with van der Waals surface area (Å²) in [6.45, 7) is 0.481. The first-order valence-corrected chi connectivity index (χ1v) is 6.13. The summed E-state index contributed by atoms with van der Waals surface area (Å²) in [7, 11) is 0. The fraction of sp³-hybridized carbons (Fsp3) is 0.200. The van der Waals surface area contributed by atoms with Crippen molar-refractivity contribution in [3.8, 4) is 0 Å². The van der Waals surface area contributed by atoms with Crippen LogP contribution in [0.2, 0.25) is 0 Å². The van der Waals surface area contributed by atoms with Gasteiger partial charge in [-0.1, -0.05) is 30.3 Å². The first kappa shape index (κ1) is 13.1. The molecule has 1 heterocycles. The van der Waals surface area contributed by atoms with Gasteiger partial charge in [0.05, 0.1) is 6.26 Å². The van der Waals surface area contributed by atoms with Crippen molar-refractivity contribution in [1.82, 2.24) is 5.32 Å². The molecule has 0 saturated heterocycles. The average Bonchev–Trinajstić information content (AvgIpc) is 2.98. The van der Waals surface area contributed by atoms with Crippen LogP contribution in [0.25, 0.3) is 0 Å². The van der Waals surface area contributed by atoms with E-state index >= 15 is 0 Å². The Bertz CT molecular complexity index is 532. The second-order valence-corrected chi connectivity index (χ2v) is 4.16. The van der Waals surface area contributed by atoms with Crippen molar-refractivity contribution in [2.45, 2.75) is 19.4 Å². The fourth-order valence-electron chi connectivity index (χ4n) is 1.67. The highest BCUT2D eigenvalue weighted by Crippen LogP contribution is 2.06. The van der Waals surface area contributed by atoms with Gasteiger partial charge in [-0.15, -0.1) is 0 Å². The van der Waals surface area contributed by atoms with Crippen molar-refractivity contribution in [3.63, 3.8) is 0 Å². The third-order valence-electron chi connectivity index (χ3n) is 2.71. The fourth-order valence-corrected chi connectivity index (χ4v) is 1.67. The third-order valence-corrected chi connectivity index (χ3v) is 2.71. The highest BCUT2D eigenvalue weighted by molar-refractivity contribution is 5.95. The minimum atomic E-state index is -0.153. The van der Waals surface area contributed by atoms with E-state index in [2.05, 4.69) is 5.32 Å². The van der Waals surface area contributed by atoms with Crippen LogP contribution in [0, 0.1) is 0 Å². The predicted octanol–water partition coefficient (Wildman–Crippen LogP) is 2.56. The lowest BCUT2D eigenvalue weighted by Gasteiger charge is -2.04. The van der Waals surface area contributed by atoms with Crippen molar-refractivity contribution >= 4 is 11.7 Å². The van der Waals surface area contributed by atoms with E-state index in [4.69, 9.17) is 4.42 Å². The molecule has 0 atom stereocenters. The molecule has 0 aliphatic heterocycles. The van der Waals surface area contributed by atoms with Crippen LogP contribution in [-0.2, 0) is 11.3 Å². The summed E-state index contributed by atoms with van der Waals surface area (Å²) in [6, 6.07) is 12.9. The number of benzene rings is 1. The van der Waals surface area contributed by atoms with Gasteiger partial charge in [-0.05, 0) is 17.7 Å². The number of hydrogen-bond donors (Lipinski definition) is 1. The molecule has 0 fully saturated rings. The zero-order valence-corrected chi connectivity index (χ0v) is 10.5. The molecular formula is C15H15NO3. The van der Waals surface area contributed by atoms with Crippen LogP contribution in [0.5, 0.6) is 0 Å². The normalized spacial score (nSPS) is 10.1. The number of hydrogen-bond acceptors (Lipinski definition) is 3. The van der Waals surface area contributed by atoms with Crippen LogP contribution in [0.15, 0.2) is 53.1 Å². The molecule has 0 saturated carbocycles. The quantitative estimate of drug-likeness (QED) is 0.809. The standard InChI is InChI=1S/C15H15NO3/c17-13(14-7-4-10-19-14)8-9-15(18)16-11-12-5-2-1-3-6-12/h1-7,10H,8-9,11H2,(H,16,18). The average molecular weight is 257 g/mol. The molecule has 0 radical (unpaired) electrons. The van der Waals surface area contributed by atoms with Crippen molar-refractivity contribution < 1.29 is 14.0 Å². The summed E-state index contributed by atoms with van der Waals surface area (Å²) in [5.41, 5.74) is 1.04. The first-order valence-electron chi connectivity index (χ1n) is 6.13. The Hall–Kier alpha value is -2.36. The van der Waals surface area contributed by atoms with Crippen molar-refractivity contribution in [2.75, 3.05) is 0 Å². The van der Waals surface area contributed by atoms with E-state index in [9.17, 15) is 9.59 Å². The summed E-state index contributed by atoms with van der Waals surface area (Å²) in [6.07, 6.45) is 1.78. The van der Waals surface area contributed by atoms with E-state index in [-0.39, 0.29) is 24.5 Å². The molecule has 0 aliphatic carbocycles. The topological polar surface area (TPSA) is 59.3 Å². The first-order chi connectivity index (χ1) is 9.25. The number of amides is 1. The Morgan fingerprint density at radius 3 is 2.47 bits per heavy atom. The smallest absolute Gasteiger partial charge is 0.220 e. The highest BCUT2D eigenvalue weighted by Gasteiger charge is 2.11. The highest BCUT2D eigenvalue weighted by atomic mass is 16.3. The van der Waals surface area contributed by atoms with Gasteiger partial charge in [-0.3, -0.25) is 9.59 Å². The molecule has 19 heavy (non-hydrogen) atoms. The number of furan rings is 1. The summed E-state index contributed by atoms with van der Waals surface area (Å²) >= 11 is 0. The lowest BCUT2D eigenvalue weighted by atomic mass is 10.1. The van der Waals surface area contributed by atoms with Crippen LogP contribution in [-0.4, -0.2) is 11.7 Å². The van der Waals surface area contributed by atoms with Gasteiger partial charge in [0.1, 0.15) is 0 Å². The largest absolute Gasteiger partial charge is 0.461 e. The zero-order valence-electron chi connectivity index (χ0n) is 10.5. The third kappa shape index (κ3) is 4.10. The van der Waals surface area contributed by atoms with E-state index in [1.807, 2.05) is 30.3 Å². The van der Waals surface area contributed by atoms with Gasteiger partial charge < -0.3 is 9.73 Å². The molecule has 4 nitrogen and oxygen atoms in total. The van der Waals surface area contributed by atoms with E-state index in [0.717, 1.165) is 5.56 Å². The molecule has 2 rings (SSSR count). The lowest BCUT2D eigenvalue weighted by Crippen LogP contribution is -2.23. The van der Waals surface area contributed by atoms with Gasteiger partial charge in [0.2, 0.25) is 5.91 Å². The summed E-state index contributed by atoms with van der Waals surface area (Å²) in [5.74, 6) is 0.0134. The Morgan fingerprint density at radius 2 is 1.79 bits per heavy atom. The van der Waals surface area contributed by atoms with Crippen molar-refractivity contribution in [1.29, 1.82) is 0 Å².